The zero-order valence-corrected chi connectivity index (χ0v) is 19.2. The van der Waals surface area contributed by atoms with Crippen LogP contribution in [0.15, 0.2) is 0 Å². The Morgan fingerprint density at radius 3 is 2.50 bits per heavy atom. The standard InChI is InChI=1S/C24H44O6/c1-3-5-11-19(26)12-10-14-21-20(22(27)18-23(21)30-17-16-25)13-8-6-7-9-15-24(28)29-4-2/h19-21,23,25-26H,3-18H2,1-2H3/t19?,20-,21-,23-/m1/s1. The van der Waals surface area contributed by atoms with E-state index in [1.807, 2.05) is 6.92 Å². The molecule has 0 aromatic carbocycles. The summed E-state index contributed by atoms with van der Waals surface area (Å²) >= 11 is 0. The van der Waals surface area contributed by atoms with Crippen LogP contribution in [0.1, 0.15) is 97.3 Å². The van der Waals surface area contributed by atoms with Crippen LogP contribution in [-0.4, -0.2) is 54.0 Å². The van der Waals surface area contributed by atoms with Crippen LogP contribution >= 0.6 is 0 Å². The minimum absolute atomic E-state index is 0.0199. The summed E-state index contributed by atoms with van der Waals surface area (Å²) in [6.07, 6.45) is 10.7. The first-order valence-corrected chi connectivity index (χ1v) is 12.1. The largest absolute Gasteiger partial charge is 0.466 e. The first kappa shape index (κ1) is 27.1. The molecule has 0 saturated heterocycles. The number of aliphatic hydroxyl groups is 2. The molecule has 0 aliphatic heterocycles. The van der Waals surface area contributed by atoms with E-state index in [9.17, 15) is 14.7 Å². The van der Waals surface area contributed by atoms with Crippen LogP contribution in [0.4, 0.5) is 0 Å². The van der Waals surface area contributed by atoms with Crippen LogP contribution in [0.3, 0.4) is 0 Å². The zero-order valence-electron chi connectivity index (χ0n) is 19.2. The van der Waals surface area contributed by atoms with E-state index in [1.165, 1.54) is 0 Å². The molecule has 0 heterocycles. The number of carbonyl (C=O) groups is 2. The van der Waals surface area contributed by atoms with Gasteiger partial charge < -0.3 is 19.7 Å². The number of ether oxygens (including phenoxy) is 2. The molecule has 1 saturated carbocycles. The smallest absolute Gasteiger partial charge is 0.305 e. The molecule has 0 spiro atoms. The lowest BCUT2D eigenvalue weighted by Crippen LogP contribution is -2.25. The van der Waals surface area contributed by atoms with Gasteiger partial charge in [0.15, 0.2) is 0 Å². The maximum absolute atomic E-state index is 12.6. The van der Waals surface area contributed by atoms with Crippen LogP contribution in [0.25, 0.3) is 0 Å². The molecule has 30 heavy (non-hydrogen) atoms. The normalized spacial score (nSPS) is 22.4. The molecule has 1 aliphatic rings. The molecule has 6 heteroatoms. The summed E-state index contributed by atoms with van der Waals surface area (Å²) in [6, 6.07) is 0. The topological polar surface area (TPSA) is 93.1 Å². The predicted octanol–water partition coefficient (Wildman–Crippen LogP) is 4.19. The Hall–Kier alpha value is -0.980. The molecule has 176 valence electrons. The Morgan fingerprint density at radius 1 is 1.07 bits per heavy atom. The first-order chi connectivity index (χ1) is 14.5. The Morgan fingerprint density at radius 2 is 1.80 bits per heavy atom. The van der Waals surface area contributed by atoms with Crippen LogP contribution < -0.4 is 0 Å². The van der Waals surface area contributed by atoms with E-state index < -0.39 is 0 Å². The second kappa shape index (κ2) is 16.7. The van der Waals surface area contributed by atoms with Crippen molar-refractivity contribution in [3.05, 3.63) is 0 Å². The third-order valence-electron chi connectivity index (χ3n) is 6.15. The van der Waals surface area contributed by atoms with E-state index in [0.717, 1.165) is 70.6 Å². The van der Waals surface area contributed by atoms with Crippen molar-refractivity contribution in [3.8, 4) is 0 Å². The second-order valence-electron chi connectivity index (χ2n) is 8.56. The average molecular weight is 429 g/mol. The molecular weight excluding hydrogens is 384 g/mol. The summed E-state index contributed by atoms with van der Waals surface area (Å²) in [5, 5.41) is 19.2. The lowest BCUT2D eigenvalue weighted by atomic mass is 9.85. The fraction of sp³-hybridized carbons (Fsp3) is 0.917. The van der Waals surface area contributed by atoms with Crippen molar-refractivity contribution in [2.45, 2.75) is 110 Å². The third-order valence-corrected chi connectivity index (χ3v) is 6.15. The van der Waals surface area contributed by atoms with Gasteiger partial charge in [-0.1, -0.05) is 45.4 Å². The van der Waals surface area contributed by atoms with Crippen LogP contribution in [0.2, 0.25) is 0 Å². The van der Waals surface area contributed by atoms with Crippen molar-refractivity contribution in [3.63, 3.8) is 0 Å². The molecule has 1 rings (SSSR count). The van der Waals surface area contributed by atoms with E-state index in [4.69, 9.17) is 14.6 Å². The summed E-state index contributed by atoms with van der Waals surface area (Å²) in [5.74, 6) is 0.350. The van der Waals surface area contributed by atoms with Crippen molar-refractivity contribution in [1.29, 1.82) is 0 Å². The van der Waals surface area contributed by atoms with E-state index in [1.54, 1.807) is 0 Å². The number of rotatable bonds is 18. The highest BCUT2D eigenvalue weighted by Gasteiger charge is 2.41. The van der Waals surface area contributed by atoms with E-state index in [-0.39, 0.29) is 49.0 Å². The number of aliphatic hydroxyl groups excluding tert-OH is 2. The zero-order chi connectivity index (χ0) is 22.2. The Balaban J connectivity index is 2.42. The Kier molecular flexibility index (Phi) is 15.0. The van der Waals surface area contributed by atoms with E-state index >= 15 is 0 Å². The van der Waals surface area contributed by atoms with Crippen LogP contribution in [0.5, 0.6) is 0 Å². The highest BCUT2D eigenvalue weighted by molar-refractivity contribution is 5.84. The number of carbonyl (C=O) groups excluding carboxylic acids is 2. The van der Waals surface area contributed by atoms with Gasteiger partial charge in [-0.2, -0.15) is 0 Å². The minimum Gasteiger partial charge on any atom is -0.466 e. The maximum atomic E-state index is 12.6. The van der Waals surface area contributed by atoms with Gasteiger partial charge in [0.2, 0.25) is 0 Å². The van der Waals surface area contributed by atoms with Crippen molar-refractivity contribution < 1.29 is 29.3 Å². The van der Waals surface area contributed by atoms with Gasteiger partial charge in [0.05, 0.1) is 32.0 Å². The monoisotopic (exact) mass is 428 g/mol. The van der Waals surface area contributed by atoms with Gasteiger partial charge in [-0.25, -0.2) is 0 Å². The van der Waals surface area contributed by atoms with Gasteiger partial charge >= 0.3 is 5.97 Å². The van der Waals surface area contributed by atoms with Gasteiger partial charge in [0.25, 0.3) is 0 Å². The molecule has 1 aliphatic carbocycles. The summed E-state index contributed by atoms with van der Waals surface area (Å²) in [6.45, 7) is 4.61. The molecule has 2 N–H and O–H groups in total. The van der Waals surface area contributed by atoms with Crippen molar-refractivity contribution in [1.82, 2.24) is 0 Å². The molecule has 1 unspecified atom stereocenters. The predicted molar refractivity (Wildman–Crippen MR) is 117 cm³/mol. The van der Waals surface area contributed by atoms with Gasteiger partial charge in [-0.3, -0.25) is 9.59 Å². The molecule has 0 amide bonds. The summed E-state index contributed by atoms with van der Waals surface area (Å²) in [5.41, 5.74) is 0. The van der Waals surface area contributed by atoms with E-state index in [2.05, 4.69) is 6.92 Å². The van der Waals surface area contributed by atoms with Crippen molar-refractivity contribution in [2.75, 3.05) is 19.8 Å². The SMILES string of the molecule is CCCCC(O)CCC[C@H]1[C@H](OCCO)CC(=O)[C@@H]1CCCCCCC(=O)OCC. The second-order valence-corrected chi connectivity index (χ2v) is 8.56. The van der Waals surface area contributed by atoms with Gasteiger partial charge in [-0.15, -0.1) is 0 Å². The van der Waals surface area contributed by atoms with Gasteiger partial charge in [0.1, 0.15) is 5.78 Å². The first-order valence-electron chi connectivity index (χ1n) is 12.1. The third kappa shape index (κ3) is 10.9. The summed E-state index contributed by atoms with van der Waals surface area (Å²) in [4.78, 5) is 24.0. The van der Waals surface area contributed by atoms with Crippen LogP contribution in [-0.2, 0) is 19.1 Å². The van der Waals surface area contributed by atoms with Crippen LogP contribution in [0, 0.1) is 11.8 Å². The van der Waals surface area contributed by atoms with Gasteiger partial charge in [-0.05, 0) is 44.9 Å². The molecule has 4 atom stereocenters. The number of Topliss-reactive ketones (excluding diaryl/α,β-unsaturated/α-hetero) is 1. The Labute approximate surface area is 182 Å². The molecule has 1 fully saturated rings. The fourth-order valence-electron chi connectivity index (χ4n) is 4.54. The molecule has 0 radical (unpaired) electrons. The average Bonchev–Trinajstić information content (AvgIpc) is 3.02. The number of hydrogen-bond donors (Lipinski definition) is 2. The summed E-state index contributed by atoms with van der Waals surface area (Å²) < 4.78 is 10.7. The molecular formula is C24H44O6. The number of hydrogen-bond acceptors (Lipinski definition) is 6. The Bertz CT molecular complexity index is 467. The van der Waals surface area contributed by atoms with Gasteiger partial charge in [0, 0.05) is 18.8 Å². The summed E-state index contributed by atoms with van der Waals surface area (Å²) in [7, 11) is 0. The molecule has 6 nitrogen and oxygen atoms in total. The number of ketones is 1. The number of esters is 1. The highest BCUT2D eigenvalue weighted by Crippen LogP contribution is 2.38. The fourth-order valence-corrected chi connectivity index (χ4v) is 4.54. The number of unbranched alkanes of at least 4 members (excludes halogenated alkanes) is 4. The molecule has 0 bridgehead atoms. The minimum atomic E-state index is -0.253. The van der Waals surface area contributed by atoms with E-state index in [0.29, 0.717) is 19.4 Å². The molecule has 0 aromatic rings. The van der Waals surface area contributed by atoms with Crippen molar-refractivity contribution >= 4 is 11.8 Å². The van der Waals surface area contributed by atoms with Crippen molar-refractivity contribution in [2.24, 2.45) is 11.8 Å². The lowest BCUT2D eigenvalue weighted by Gasteiger charge is -2.24. The highest BCUT2D eigenvalue weighted by atomic mass is 16.5. The quantitative estimate of drug-likeness (QED) is 0.251. The lowest BCUT2D eigenvalue weighted by molar-refractivity contribution is -0.143. The maximum Gasteiger partial charge on any atom is 0.305 e. The molecule has 0 aromatic heterocycles.